The molecule has 0 spiro atoms. The zero-order valence-electron chi connectivity index (χ0n) is 43.5. The molecule has 0 saturated carbocycles. The van der Waals surface area contributed by atoms with Crippen molar-refractivity contribution >= 4 is 34.6 Å². The van der Waals surface area contributed by atoms with Crippen molar-refractivity contribution in [2.45, 2.75) is 137 Å². The van der Waals surface area contributed by atoms with Gasteiger partial charge in [-0.05, 0) is 126 Å². The lowest BCUT2D eigenvalue weighted by atomic mass is 9.84. The highest BCUT2D eigenvalue weighted by molar-refractivity contribution is 5.96. The summed E-state index contributed by atoms with van der Waals surface area (Å²) in [4.78, 5) is 64.6. The van der Waals surface area contributed by atoms with E-state index >= 15 is 0 Å². The van der Waals surface area contributed by atoms with E-state index in [0.717, 1.165) is 50.1 Å². The highest BCUT2D eigenvalue weighted by atomic mass is 16.5. The summed E-state index contributed by atoms with van der Waals surface area (Å²) in [7, 11) is 3.69. The Morgan fingerprint density at radius 1 is 1.04 bits per heavy atom. The molecule has 6 bridgehead atoms. The van der Waals surface area contributed by atoms with E-state index in [9.17, 15) is 19.2 Å². The molecule has 3 aliphatic heterocycles. The second-order valence-electron chi connectivity index (χ2n) is 21.4. The molecule has 2 saturated heterocycles. The largest absolute Gasteiger partial charge is 0.464 e. The summed E-state index contributed by atoms with van der Waals surface area (Å²) in [6.07, 6.45) is 3.21. The number of aromatic nitrogens is 2. The van der Waals surface area contributed by atoms with E-state index in [-0.39, 0.29) is 61.5 Å². The molecule has 2 aromatic heterocycles. The van der Waals surface area contributed by atoms with Crippen molar-refractivity contribution in [3.05, 3.63) is 77.6 Å². The van der Waals surface area contributed by atoms with E-state index in [2.05, 4.69) is 103 Å². The third kappa shape index (κ3) is 11.6. The van der Waals surface area contributed by atoms with Gasteiger partial charge in [0.1, 0.15) is 12.1 Å². The third-order valence-corrected chi connectivity index (χ3v) is 14.5. The van der Waals surface area contributed by atoms with Crippen LogP contribution in [0.25, 0.3) is 33.3 Å². The summed E-state index contributed by atoms with van der Waals surface area (Å²) in [5, 5.41) is 5.71. The van der Waals surface area contributed by atoms with Crippen LogP contribution in [0, 0.1) is 29.1 Å². The molecule has 5 heterocycles. The normalized spacial score (nSPS) is 19.9. The minimum Gasteiger partial charge on any atom is -0.464 e. The topological polar surface area (TPSA) is 148 Å². The van der Waals surface area contributed by atoms with Crippen LogP contribution >= 0.6 is 0 Å². The molecular formula is C56H75N7O7. The Bertz CT molecular complexity index is 2620. The maximum absolute atomic E-state index is 14.7. The molecule has 0 radical (unpaired) electrons. The van der Waals surface area contributed by atoms with Gasteiger partial charge in [0.05, 0.1) is 48.3 Å². The van der Waals surface area contributed by atoms with Gasteiger partial charge in [0.25, 0.3) is 11.8 Å². The Morgan fingerprint density at radius 3 is 2.49 bits per heavy atom. The van der Waals surface area contributed by atoms with Gasteiger partial charge in [-0.25, -0.2) is 5.43 Å². The van der Waals surface area contributed by atoms with Crippen molar-refractivity contribution in [3.8, 4) is 34.2 Å². The highest BCUT2D eigenvalue weighted by Gasteiger charge is 2.38. The van der Waals surface area contributed by atoms with Gasteiger partial charge in [0, 0.05) is 73.8 Å². The number of hydrogen-bond donors (Lipinski definition) is 2. The number of hydrazine groups is 1. The summed E-state index contributed by atoms with van der Waals surface area (Å²) < 4.78 is 20.6. The predicted octanol–water partition coefficient (Wildman–Crippen LogP) is 7.37. The molecule has 14 heteroatoms. The lowest BCUT2D eigenvalue weighted by molar-refractivity contribution is -0.155. The van der Waals surface area contributed by atoms with Gasteiger partial charge in [0.2, 0.25) is 5.91 Å². The number of methoxy groups -OCH3 is 1. The average Bonchev–Trinajstić information content (AvgIpc) is 3.63. The van der Waals surface area contributed by atoms with Crippen LogP contribution in [0.2, 0.25) is 0 Å². The second kappa shape index (κ2) is 21.8. The van der Waals surface area contributed by atoms with E-state index in [4.69, 9.17) is 19.2 Å². The lowest BCUT2D eigenvalue weighted by Crippen LogP contribution is -2.61. The van der Waals surface area contributed by atoms with Gasteiger partial charge >= 0.3 is 5.97 Å². The van der Waals surface area contributed by atoms with E-state index in [1.165, 1.54) is 5.01 Å². The number of carbonyl (C=O) groups excluding carboxylic acids is 4. The maximum Gasteiger partial charge on any atom is 0.324 e. The number of ether oxygens (including phenoxy) is 3. The first-order valence-electron chi connectivity index (χ1n) is 25.2. The predicted molar refractivity (Wildman–Crippen MR) is 273 cm³/mol. The first-order chi connectivity index (χ1) is 33.2. The molecule has 4 atom stereocenters. The van der Waals surface area contributed by atoms with Crippen molar-refractivity contribution < 1.29 is 33.4 Å². The summed E-state index contributed by atoms with van der Waals surface area (Å²) in [5.74, 6) is 3.95. The fourth-order valence-corrected chi connectivity index (χ4v) is 9.80. The number of cyclic esters (lactones) is 1. The summed E-state index contributed by atoms with van der Waals surface area (Å²) in [5.41, 5.74) is 10.2. The molecule has 0 aliphatic carbocycles. The van der Waals surface area contributed by atoms with Crippen LogP contribution in [0.4, 0.5) is 0 Å². The van der Waals surface area contributed by atoms with E-state index < -0.39 is 34.9 Å². The molecule has 70 heavy (non-hydrogen) atoms. The molecule has 2 fully saturated rings. The standard InChI is InChI=1S/C56H75N7O7/c1-13-62-48-22-21-40-29-43(48)44(51(62)42-19-15-25-57-50(42)37(6)68-12)30-55(7,8)34-70-54(67)46-20-16-26-63(59-46)53(66)47(28-38-17-14-18-39(40)27-38)58-52(65)45(35(2)3)33-69-41-31-61(32-41)49(64)23-24-56(9,10)60(11)36(4)5/h14-15,17-19,21-22,25,27,29,35-37,41,45-47,59H,13,16,20,26,28,30-34H2,1-12H3,(H,58,65)/t37-,45-,46-,47-/m0/s1. The first kappa shape index (κ1) is 52.2. The van der Waals surface area contributed by atoms with E-state index in [0.29, 0.717) is 45.4 Å². The fraction of sp³-hybridized carbons (Fsp3) is 0.554. The number of hydrogen-bond acceptors (Lipinski definition) is 10. The van der Waals surface area contributed by atoms with Crippen LogP contribution in [0.15, 0.2) is 60.8 Å². The number of esters is 1. The molecule has 4 aromatic rings. The number of fused-ring (bicyclic) bond motifs is 6. The quantitative estimate of drug-likeness (QED) is 0.109. The molecule has 2 aromatic carbocycles. The van der Waals surface area contributed by atoms with Crippen molar-refractivity contribution in [3.63, 3.8) is 0 Å². The first-order valence-corrected chi connectivity index (χ1v) is 25.2. The molecule has 2 N–H and O–H groups in total. The molecule has 14 nitrogen and oxygen atoms in total. The van der Waals surface area contributed by atoms with E-state index in [1.807, 2.05) is 59.9 Å². The molecular weight excluding hydrogens is 883 g/mol. The number of pyridine rings is 1. The number of carbonyl (C=O) groups is 4. The van der Waals surface area contributed by atoms with Crippen LogP contribution in [0.5, 0.6) is 0 Å². The molecule has 3 amide bonds. The summed E-state index contributed by atoms with van der Waals surface area (Å²) in [6, 6.07) is 17.4. The van der Waals surface area contributed by atoms with Gasteiger partial charge in [0.15, 0.2) is 0 Å². The Morgan fingerprint density at radius 2 is 1.79 bits per heavy atom. The number of aryl methyl sites for hydroxylation is 1. The maximum atomic E-state index is 14.7. The van der Waals surface area contributed by atoms with Crippen LogP contribution in [0.3, 0.4) is 0 Å². The highest BCUT2D eigenvalue weighted by Crippen LogP contribution is 2.42. The number of benzene rings is 2. The van der Waals surface area contributed by atoms with Gasteiger partial charge in [-0.1, -0.05) is 63.9 Å². The third-order valence-electron chi connectivity index (χ3n) is 14.5. The zero-order valence-corrected chi connectivity index (χ0v) is 43.5. The molecule has 376 valence electrons. The average molecular weight is 958 g/mol. The monoisotopic (exact) mass is 958 g/mol. The molecule has 7 rings (SSSR count). The number of likely N-dealkylation sites (tertiary alicyclic amines) is 1. The van der Waals surface area contributed by atoms with Crippen molar-refractivity contribution in [2.24, 2.45) is 17.3 Å². The van der Waals surface area contributed by atoms with Crippen LogP contribution < -0.4 is 10.7 Å². The van der Waals surface area contributed by atoms with Crippen molar-refractivity contribution in [1.29, 1.82) is 0 Å². The Labute approximate surface area is 415 Å². The summed E-state index contributed by atoms with van der Waals surface area (Å²) in [6.45, 7) is 22.6. The molecule has 3 aliphatic rings. The van der Waals surface area contributed by atoms with Gasteiger partial charge in [-0.3, -0.25) is 34.1 Å². The van der Waals surface area contributed by atoms with Crippen molar-refractivity contribution in [2.75, 3.05) is 47.0 Å². The van der Waals surface area contributed by atoms with Crippen LogP contribution in [-0.4, -0.2) is 125 Å². The zero-order chi connectivity index (χ0) is 50.7. The smallest absolute Gasteiger partial charge is 0.324 e. The number of nitrogens with one attached hydrogen (secondary N) is 2. The second-order valence-corrected chi connectivity index (χ2v) is 21.4. The minimum absolute atomic E-state index is 0.117. The summed E-state index contributed by atoms with van der Waals surface area (Å²) >= 11 is 0. The Hall–Kier alpha value is -5.59. The Balaban J connectivity index is 1.18. The lowest BCUT2D eigenvalue weighted by Gasteiger charge is -2.39. The SMILES string of the molecule is CCn1c(-c2cccnc2[C@H](C)OC)c2c3cc(ccc31)-c1cccc(c1)C[C@H](NC(=O)[C@@H](COC1CN(C(=O)C#CC(C)(C)N(C)C(C)C)C1)C(C)C)C(=O)N1CCC[C@H](N1)C(=O)OCC(C)(C)C2. The Kier molecular flexibility index (Phi) is 16.3. The fourth-order valence-electron chi connectivity index (χ4n) is 9.80. The number of nitrogens with zero attached hydrogens (tertiary/aromatic N) is 5. The van der Waals surface area contributed by atoms with Gasteiger partial charge in [-0.2, -0.15) is 0 Å². The number of amides is 3. The van der Waals surface area contributed by atoms with Gasteiger partial charge < -0.3 is 29.0 Å². The van der Waals surface area contributed by atoms with Crippen molar-refractivity contribution in [1.82, 2.24) is 35.1 Å². The van der Waals surface area contributed by atoms with Gasteiger partial charge in [-0.15, -0.1) is 0 Å². The number of rotatable bonds is 12. The minimum atomic E-state index is -0.961. The van der Waals surface area contributed by atoms with Crippen LogP contribution in [-0.2, 0) is 52.8 Å². The molecule has 0 unspecified atom stereocenters. The van der Waals surface area contributed by atoms with Crippen LogP contribution in [0.1, 0.15) is 105 Å². The van der Waals surface area contributed by atoms with E-state index in [1.54, 1.807) is 18.2 Å².